The summed E-state index contributed by atoms with van der Waals surface area (Å²) in [5, 5.41) is 11.6. The minimum atomic E-state index is -1.09. The number of nitrogens with zero attached hydrogens (tertiary/aromatic N) is 4. The van der Waals surface area contributed by atoms with Crippen molar-refractivity contribution in [3.8, 4) is 0 Å². The van der Waals surface area contributed by atoms with Crippen molar-refractivity contribution < 1.29 is 19.1 Å². The maximum Gasteiger partial charge on any atom is 0.410 e. The topological polar surface area (TPSA) is 124 Å². The SMILES string of the molecule is CC(C)(N)C(=O)N[C@H](COCc1ccccc1)c1nnc2cccc(COC(=O)N3CCCC3)n12. The van der Waals surface area contributed by atoms with Crippen molar-refractivity contribution in [3.63, 3.8) is 0 Å². The number of nitrogens with two attached hydrogens (primary N) is 1. The average molecular weight is 481 g/mol. The van der Waals surface area contributed by atoms with Crippen LogP contribution in [-0.4, -0.2) is 56.7 Å². The molecule has 0 unspecified atom stereocenters. The van der Waals surface area contributed by atoms with Gasteiger partial charge in [-0.3, -0.25) is 9.20 Å². The summed E-state index contributed by atoms with van der Waals surface area (Å²) in [5.41, 5.74) is 7.20. The molecule has 186 valence electrons. The van der Waals surface area contributed by atoms with Gasteiger partial charge in [0.05, 0.1) is 24.4 Å². The molecule has 2 aromatic heterocycles. The second-order valence-electron chi connectivity index (χ2n) is 9.27. The molecule has 35 heavy (non-hydrogen) atoms. The molecule has 0 aliphatic carbocycles. The highest BCUT2D eigenvalue weighted by Crippen LogP contribution is 2.19. The fourth-order valence-corrected chi connectivity index (χ4v) is 3.89. The molecule has 3 aromatic rings. The zero-order valence-corrected chi connectivity index (χ0v) is 20.1. The zero-order valence-electron chi connectivity index (χ0n) is 20.1. The van der Waals surface area contributed by atoms with Crippen LogP contribution in [0.2, 0.25) is 0 Å². The molecule has 0 saturated carbocycles. The third-order valence-corrected chi connectivity index (χ3v) is 5.84. The molecule has 10 nitrogen and oxygen atoms in total. The van der Waals surface area contributed by atoms with Crippen LogP contribution in [0.15, 0.2) is 48.5 Å². The van der Waals surface area contributed by atoms with Gasteiger partial charge in [0.1, 0.15) is 12.6 Å². The van der Waals surface area contributed by atoms with Gasteiger partial charge in [0.25, 0.3) is 0 Å². The van der Waals surface area contributed by atoms with Crippen LogP contribution in [0.5, 0.6) is 0 Å². The van der Waals surface area contributed by atoms with Crippen molar-refractivity contribution in [2.75, 3.05) is 19.7 Å². The van der Waals surface area contributed by atoms with Gasteiger partial charge in [0, 0.05) is 13.1 Å². The molecule has 3 heterocycles. The first-order valence-corrected chi connectivity index (χ1v) is 11.8. The van der Waals surface area contributed by atoms with Gasteiger partial charge >= 0.3 is 6.09 Å². The Morgan fingerprint density at radius 3 is 2.51 bits per heavy atom. The Balaban J connectivity index is 1.56. The third kappa shape index (κ3) is 6.14. The first-order chi connectivity index (χ1) is 16.8. The first-order valence-electron chi connectivity index (χ1n) is 11.8. The molecular weight excluding hydrogens is 448 g/mol. The highest BCUT2D eigenvalue weighted by molar-refractivity contribution is 5.85. The number of benzene rings is 1. The van der Waals surface area contributed by atoms with Gasteiger partial charge in [0.2, 0.25) is 5.91 Å². The van der Waals surface area contributed by atoms with Gasteiger partial charge in [-0.2, -0.15) is 0 Å². The molecule has 0 radical (unpaired) electrons. The Hall–Kier alpha value is -3.50. The summed E-state index contributed by atoms with van der Waals surface area (Å²) in [6.07, 6.45) is 1.64. The molecule has 3 N–H and O–H groups in total. The number of carbonyl (C=O) groups excluding carboxylic acids is 2. The van der Waals surface area contributed by atoms with E-state index in [0.717, 1.165) is 18.4 Å². The molecule has 1 aliphatic rings. The number of nitrogens with one attached hydrogen (secondary N) is 1. The summed E-state index contributed by atoms with van der Waals surface area (Å²) >= 11 is 0. The Bertz CT molecular complexity index is 1150. The van der Waals surface area contributed by atoms with E-state index in [2.05, 4.69) is 15.5 Å². The van der Waals surface area contributed by atoms with Crippen molar-refractivity contribution in [3.05, 3.63) is 65.6 Å². The number of likely N-dealkylation sites (tertiary alicyclic amines) is 1. The van der Waals surface area contributed by atoms with Crippen LogP contribution >= 0.6 is 0 Å². The van der Waals surface area contributed by atoms with E-state index in [0.29, 0.717) is 36.9 Å². The lowest BCUT2D eigenvalue weighted by Gasteiger charge is -2.24. The molecule has 1 atom stereocenters. The number of pyridine rings is 1. The van der Waals surface area contributed by atoms with Crippen LogP contribution in [-0.2, 0) is 27.5 Å². The molecule has 2 amide bonds. The van der Waals surface area contributed by atoms with E-state index >= 15 is 0 Å². The number of carbonyl (C=O) groups is 2. The molecular formula is C25H32N6O4. The van der Waals surface area contributed by atoms with E-state index in [-0.39, 0.29) is 25.2 Å². The zero-order chi connectivity index (χ0) is 24.8. The molecule has 0 bridgehead atoms. The second-order valence-corrected chi connectivity index (χ2v) is 9.27. The lowest BCUT2D eigenvalue weighted by Crippen LogP contribution is -2.51. The summed E-state index contributed by atoms with van der Waals surface area (Å²) in [6.45, 7) is 5.26. The minimum absolute atomic E-state index is 0.0473. The largest absolute Gasteiger partial charge is 0.443 e. The van der Waals surface area contributed by atoms with Crippen LogP contribution in [0.25, 0.3) is 5.65 Å². The lowest BCUT2D eigenvalue weighted by molar-refractivity contribution is -0.126. The van der Waals surface area contributed by atoms with E-state index in [4.69, 9.17) is 15.2 Å². The summed E-state index contributed by atoms with van der Waals surface area (Å²) in [5.74, 6) is 0.124. The van der Waals surface area contributed by atoms with Crippen molar-refractivity contribution in [2.24, 2.45) is 5.73 Å². The number of hydrogen-bond acceptors (Lipinski definition) is 7. The summed E-state index contributed by atoms with van der Waals surface area (Å²) < 4.78 is 13.3. The normalized spacial score (nSPS) is 14.8. The summed E-state index contributed by atoms with van der Waals surface area (Å²) in [6, 6.07) is 14.6. The van der Waals surface area contributed by atoms with Gasteiger partial charge in [-0.15, -0.1) is 10.2 Å². The lowest BCUT2D eigenvalue weighted by atomic mass is 10.1. The molecule has 1 fully saturated rings. The van der Waals surface area contributed by atoms with Crippen molar-refractivity contribution in [1.82, 2.24) is 24.8 Å². The quantitative estimate of drug-likeness (QED) is 0.482. The van der Waals surface area contributed by atoms with E-state index in [1.165, 1.54) is 0 Å². The predicted octanol–water partition coefficient (Wildman–Crippen LogP) is 2.57. The second kappa shape index (κ2) is 10.8. The van der Waals surface area contributed by atoms with Crippen LogP contribution in [0.3, 0.4) is 0 Å². The van der Waals surface area contributed by atoms with Crippen molar-refractivity contribution in [1.29, 1.82) is 0 Å². The molecule has 1 aromatic carbocycles. The predicted molar refractivity (Wildman–Crippen MR) is 129 cm³/mol. The highest BCUT2D eigenvalue weighted by Gasteiger charge is 2.29. The number of amides is 2. The number of hydrogen-bond donors (Lipinski definition) is 2. The monoisotopic (exact) mass is 480 g/mol. The highest BCUT2D eigenvalue weighted by atomic mass is 16.6. The Morgan fingerprint density at radius 2 is 1.80 bits per heavy atom. The molecule has 4 rings (SSSR count). The van der Waals surface area contributed by atoms with Crippen LogP contribution in [0.1, 0.15) is 49.8 Å². The maximum atomic E-state index is 12.8. The fraction of sp³-hybridized carbons (Fsp3) is 0.440. The maximum absolute atomic E-state index is 12.8. The number of ether oxygens (including phenoxy) is 2. The Morgan fingerprint density at radius 1 is 1.06 bits per heavy atom. The first kappa shape index (κ1) is 24.6. The molecule has 0 spiro atoms. The van der Waals surface area contributed by atoms with E-state index < -0.39 is 11.6 Å². The summed E-state index contributed by atoms with van der Waals surface area (Å²) in [4.78, 5) is 26.9. The number of fused-ring (bicyclic) bond motifs is 1. The van der Waals surface area contributed by atoms with Crippen molar-refractivity contribution >= 4 is 17.6 Å². The molecule has 1 aliphatic heterocycles. The van der Waals surface area contributed by atoms with E-state index in [1.807, 2.05) is 42.5 Å². The smallest absolute Gasteiger partial charge is 0.410 e. The van der Waals surface area contributed by atoms with Gasteiger partial charge in [0.15, 0.2) is 11.5 Å². The van der Waals surface area contributed by atoms with Gasteiger partial charge in [-0.25, -0.2) is 4.79 Å². The standard InChI is InChI=1S/C25H32N6O4/c1-25(2,26)23(32)27-20(17-34-15-18-9-4-3-5-10-18)22-29-28-21-12-8-11-19(31(21)22)16-35-24(33)30-13-6-7-14-30/h3-5,8-12,20H,6-7,13-17,26H2,1-2H3,(H,27,32)/t20-/m1/s1. The Labute approximate surface area is 204 Å². The Kier molecular flexibility index (Phi) is 7.62. The van der Waals surface area contributed by atoms with E-state index in [1.54, 1.807) is 29.2 Å². The summed E-state index contributed by atoms with van der Waals surface area (Å²) in [7, 11) is 0. The third-order valence-electron chi connectivity index (χ3n) is 5.84. The van der Waals surface area contributed by atoms with Crippen LogP contribution in [0, 0.1) is 0 Å². The van der Waals surface area contributed by atoms with Gasteiger partial charge < -0.3 is 25.4 Å². The van der Waals surface area contributed by atoms with Gasteiger partial charge in [-0.05, 0) is 44.4 Å². The van der Waals surface area contributed by atoms with Crippen LogP contribution in [0.4, 0.5) is 4.79 Å². The van der Waals surface area contributed by atoms with E-state index in [9.17, 15) is 9.59 Å². The van der Waals surface area contributed by atoms with Crippen molar-refractivity contribution in [2.45, 2.75) is 51.5 Å². The van der Waals surface area contributed by atoms with Gasteiger partial charge in [-0.1, -0.05) is 36.4 Å². The van der Waals surface area contributed by atoms with Crippen LogP contribution < -0.4 is 11.1 Å². The minimum Gasteiger partial charge on any atom is -0.443 e. The number of rotatable bonds is 9. The molecule has 1 saturated heterocycles. The fourth-order valence-electron chi connectivity index (χ4n) is 3.89. The molecule has 10 heteroatoms. The average Bonchev–Trinajstić information content (AvgIpc) is 3.52. The number of aromatic nitrogens is 3.